The lowest BCUT2D eigenvalue weighted by atomic mass is 9.87. The van der Waals surface area contributed by atoms with Crippen LogP contribution in [0, 0.1) is 46.8 Å². The first-order chi connectivity index (χ1) is 18.9. The Balaban J connectivity index is 1.51. The Hall–Kier alpha value is -4.12. The first-order valence-corrected chi connectivity index (χ1v) is 12.4. The molecule has 0 aromatic heterocycles. The van der Waals surface area contributed by atoms with Gasteiger partial charge in [-0.25, -0.2) is 22.0 Å². The summed E-state index contributed by atoms with van der Waals surface area (Å²) in [5.74, 6) is -2.55. The minimum atomic E-state index is -4.95. The third-order valence-corrected chi connectivity index (χ3v) is 7.01. The number of hydrogen-bond acceptors (Lipinski definition) is 0. The average Bonchev–Trinajstić information content (AvgIpc) is 2.87. The molecule has 1 aliphatic carbocycles. The van der Waals surface area contributed by atoms with Crippen LogP contribution in [0.4, 0.5) is 35.1 Å². The maximum absolute atomic E-state index is 15.2. The molecule has 4 aromatic rings. The summed E-state index contributed by atoms with van der Waals surface area (Å²) in [5, 5.41) is -0.417. The van der Waals surface area contributed by atoms with E-state index in [-0.39, 0.29) is 27.5 Å². The van der Waals surface area contributed by atoms with Crippen molar-refractivity contribution in [2.75, 3.05) is 0 Å². The smallest absolute Gasteiger partial charge is 0.206 e. The minimum Gasteiger partial charge on any atom is -0.206 e. The van der Waals surface area contributed by atoms with E-state index in [1.165, 1.54) is 18.1 Å². The van der Waals surface area contributed by atoms with Gasteiger partial charge >= 0.3 is 6.18 Å². The Bertz CT molecular complexity index is 1710. The molecular formula is C32H20F8. The number of benzene rings is 4. The predicted octanol–water partition coefficient (Wildman–Crippen LogP) is 9.99. The zero-order valence-electron chi connectivity index (χ0n) is 21.0. The van der Waals surface area contributed by atoms with Gasteiger partial charge in [0, 0.05) is 16.9 Å². The van der Waals surface area contributed by atoms with E-state index >= 15 is 13.2 Å². The summed E-state index contributed by atoms with van der Waals surface area (Å²) in [6.45, 7) is 2.14. The van der Waals surface area contributed by atoms with Crippen LogP contribution in [-0.2, 0) is 0 Å². The van der Waals surface area contributed by atoms with Crippen LogP contribution in [0.5, 0.6) is 0 Å². The quantitative estimate of drug-likeness (QED) is 0.174. The number of alkyl halides is 3. The number of fused-ring (bicyclic) bond motifs is 1. The van der Waals surface area contributed by atoms with Gasteiger partial charge in [-0.1, -0.05) is 43.2 Å². The normalized spacial score (nSPS) is 15.5. The molecule has 0 radical (unpaired) electrons. The molecule has 0 N–H and O–H groups in total. The van der Waals surface area contributed by atoms with Gasteiger partial charge in [-0.15, -0.1) is 0 Å². The highest BCUT2D eigenvalue weighted by atomic mass is 19.4. The monoisotopic (exact) mass is 556 g/mol. The Kier molecular flexibility index (Phi) is 7.17. The molecule has 0 spiro atoms. The largest absolute Gasteiger partial charge is 0.458 e. The lowest BCUT2D eigenvalue weighted by Gasteiger charge is -2.19. The van der Waals surface area contributed by atoms with Crippen molar-refractivity contribution in [2.45, 2.75) is 32.4 Å². The third-order valence-electron chi connectivity index (χ3n) is 7.01. The summed E-state index contributed by atoms with van der Waals surface area (Å²) >= 11 is 0. The van der Waals surface area contributed by atoms with Crippen LogP contribution in [0.1, 0.15) is 37.3 Å². The summed E-state index contributed by atoms with van der Waals surface area (Å²) in [5.41, 5.74) is 0.0746. The van der Waals surface area contributed by atoms with E-state index in [4.69, 9.17) is 0 Å². The Labute approximate surface area is 225 Å². The SMILES string of the molecule is CC1CC=C(c2ccc(-c3cc(F)c(-c4ccc5c(F)c(C#CC(F)(F)F)c(F)cc5c4)c(F)c3)c(F)c2)CC1. The van der Waals surface area contributed by atoms with Crippen LogP contribution in [0.15, 0.2) is 60.7 Å². The lowest BCUT2D eigenvalue weighted by molar-refractivity contribution is -0.0696. The van der Waals surface area contributed by atoms with Gasteiger partial charge in [-0.05, 0) is 83.2 Å². The van der Waals surface area contributed by atoms with Crippen LogP contribution in [0.2, 0.25) is 0 Å². The van der Waals surface area contributed by atoms with Crippen LogP contribution in [-0.4, -0.2) is 6.18 Å². The minimum absolute atomic E-state index is 0.00743. The third kappa shape index (κ3) is 5.46. The van der Waals surface area contributed by atoms with Gasteiger partial charge in [0.05, 0.1) is 11.1 Å². The standard InChI is InChI=1S/C32H20F8/c1-17-2-4-18(5-3-17)19-6-8-23(26(33)13-19)22-15-28(35)30(29(36)16-22)20-7-9-24-21(12-20)14-27(34)25(31(24)37)10-11-32(38,39)40/h4,6-9,12-17H,2-3,5H2,1H3. The van der Waals surface area contributed by atoms with Gasteiger partial charge in [0.1, 0.15) is 29.1 Å². The molecule has 0 saturated heterocycles. The van der Waals surface area contributed by atoms with Crippen molar-refractivity contribution in [3.8, 4) is 34.1 Å². The van der Waals surface area contributed by atoms with Crippen LogP contribution in [0.25, 0.3) is 38.6 Å². The van der Waals surface area contributed by atoms with E-state index in [0.29, 0.717) is 11.5 Å². The topological polar surface area (TPSA) is 0 Å². The van der Waals surface area contributed by atoms with Crippen LogP contribution in [0.3, 0.4) is 0 Å². The summed E-state index contributed by atoms with van der Waals surface area (Å²) < 4.78 is 112. The fourth-order valence-electron chi connectivity index (χ4n) is 4.91. The van der Waals surface area contributed by atoms with E-state index in [1.807, 2.05) is 0 Å². The van der Waals surface area contributed by atoms with Crippen molar-refractivity contribution >= 4 is 16.3 Å². The summed E-state index contributed by atoms with van der Waals surface area (Å²) in [7, 11) is 0. The molecule has 0 heterocycles. The first kappa shape index (κ1) is 27.4. The molecule has 5 rings (SSSR count). The second kappa shape index (κ2) is 10.5. The molecule has 0 amide bonds. The molecule has 8 heteroatoms. The van der Waals surface area contributed by atoms with E-state index < -0.39 is 46.4 Å². The zero-order chi connectivity index (χ0) is 28.8. The van der Waals surface area contributed by atoms with E-state index in [1.54, 1.807) is 6.07 Å². The van der Waals surface area contributed by atoms with Gasteiger partial charge < -0.3 is 0 Å². The molecule has 40 heavy (non-hydrogen) atoms. The van der Waals surface area contributed by atoms with Crippen molar-refractivity contribution in [3.63, 3.8) is 0 Å². The van der Waals surface area contributed by atoms with Crippen molar-refractivity contribution < 1.29 is 35.1 Å². The second-order valence-corrected chi connectivity index (χ2v) is 9.85. The maximum atomic E-state index is 15.2. The molecule has 0 aliphatic heterocycles. The van der Waals surface area contributed by atoms with E-state index in [0.717, 1.165) is 67.2 Å². The Morgan fingerprint density at radius 3 is 2.05 bits per heavy atom. The fourth-order valence-corrected chi connectivity index (χ4v) is 4.91. The molecule has 1 aliphatic rings. The molecule has 0 bridgehead atoms. The van der Waals surface area contributed by atoms with Crippen LogP contribution < -0.4 is 0 Å². The Morgan fingerprint density at radius 1 is 0.750 bits per heavy atom. The number of halogens is 8. The molecular weight excluding hydrogens is 536 g/mol. The van der Waals surface area contributed by atoms with E-state index in [9.17, 15) is 22.0 Å². The highest BCUT2D eigenvalue weighted by Gasteiger charge is 2.24. The molecule has 204 valence electrons. The van der Waals surface area contributed by atoms with Crippen molar-refractivity contribution in [2.24, 2.45) is 5.92 Å². The predicted molar refractivity (Wildman–Crippen MR) is 139 cm³/mol. The zero-order valence-corrected chi connectivity index (χ0v) is 21.0. The molecule has 0 nitrogen and oxygen atoms in total. The maximum Gasteiger partial charge on any atom is 0.458 e. The Morgan fingerprint density at radius 2 is 1.43 bits per heavy atom. The second-order valence-electron chi connectivity index (χ2n) is 9.85. The van der Waals surface area contributed by atoms with Gasteiger partial charge in [0.2, 0.25) is 0 Å². The van der Waals surface area contributed by atoms with Gasteiger partial charge in [-0.3, -0.25) is 0 Å². The number of allylic oxidation sites excluding steroid dienone is 2. The van der Waals surface area contributed by atoms with Crippen molar-refractivity contribution in [1.29, 1.82) is 0 Å². The van der Waals surface area contributed by atoms with Gasteiger partial charge in [0.15, 0.2) is 0 Å². The van der Waals surface area contributed by atoms with Gasteiger partial charge in [0.25, 0.3) is 0 Å². The molecule has 1 atom stereocenters. The summed E-state index contributed by atoms with van der Waals surface area (Å²) in [6.07, 6.45) is -0.156. The summed E-state index contributed by atoms with van der Waals surface area (Å²) in [4.78, 5) is 0. The van der Waals surface area contributed by atoms with Crippen molar-refractivity contribution in [3.05, 3.63) is 101 Å². The number of rotatable bonds is 3. The summed E-state index contributed by atoms with van der Waals surface area (Å²) in [6, 6.07) is 10.5. The van der Waals surface area contributed by atoms with Crippen molar-refractivity contribution in [1.82, 2.24) is 0 Å². The molecule has 0 saturated carbocycles. The molecule has 0 fully saturated rings. The first-order valence-electron chi connectivity index (χ1n) is 12.4. The fraction of sp³-hybridized carbons (Fsp3) is 0.188. The van der Waals surface area contributed by atoms with Gasteiger partial charge in [-0.2, -0.15) is 13.2 Å². The van der Waals surface area contributed by atoms with Crippen LogP contribution >= 0.6 is 0 Å². The molecule has 4 aromatic carbocycles. The average molecular weight is 556 g/mol. The van der Waals surface area contributed by atoms with E-state index in [2.05, 4.69) is 13.0 Å². The molecule has 1 unspecified atom stereocenters. The lowest BCUT2D eigenvalue weighted by Crippen LogP contribution is -2.02. The highest BCUT2D eigenvalue weighted by Crippen LogP contribution is 2.36. The highest BCUT2D eigenvalue weighted by molar-refractivity contribution is 5.89. The number of hydrogen-bond donors (Lipinski definition) is 0.